The number of halogens is 1. The fourth-order valence-corrected chi connectivity index (χ4v) is 4.93. The predicted octanol–water partition coefficient (Wildman–Crippen LogP) is 1.35. The highest BCUT2D eigenvalue weighted by Gasteiger charge is 2.54. The van der Waals surface area contributed by atoms with Crippen LogP contribution < -0.4 is 0 Å². The number of aromatic nitrogens is 1. The Morgan fingerprint density at radius 3 is 2.45 bits per heavy atom. The lowest BCUT2D eigenvalue weighted by atomic mass is 9.89. The van der Waals surface area contributed by atoms with Gasteiger partial charge in [0.2, 0.25) is 15.9 Å². The van der Waals surface area contributed by atoms with E-state index in [1.165, 1.54) is 6.20 Å². The lowest BCUT2D eigenvalue weighted by Gasteiger charge is -2.28. The number of hydrogen-bond acceptors (Lipinski definition) is 6. The van der Waals surface area contributed by atoms with E-state index in [-0.39, 0.29) is 30.8 Å². The van der Waals surface area contributed by atoms with Gasteiger partial charge in [0.1, 0.15) is 0 Å². The highest BCUT2D eigenvalue weighted by Crippen LogP contribution is 2.41. The molecule has 1 aromatic rings. The fourth-order valence-electron chi connectivity index (χ4n) is 3.91. The summed E-state index contributed by atoms with van der Waals surface area (Å²) in [5.41, 5.74) is 1.66. The molecule has 3 heterocycles. The minimum atomic E-state index is -3.74. The summed E-state index contributed by atoms with van der Waals surface area (Å²) < 4.78 is 25.2. The first kappa shape index (κ1) is 23.3. The van der Waals surface area contributed by atoms with Crippen LogP contribution in [0.3, 0.4) is 0 Å². The van der Waals surface area contributed by atoms with Crippen molar-refractivity contribution in [2.75, 3.05) is 26.9 Å². The Hall–Kier alpha value is -1.97. The molecule has 0 bridgehead atoms. The van der Waals surface area contributed by atoms with E-state index in [4.69, 9.17) is 0 Å². The van der Waals surface area contributed by atoms with Gasteiger partial charge in [-0.25, -0.2) is 12.7 Å². The number of carbonyl (C=O) groups is 2. The van der Waals surface area contributed by atoms with Gasteiger partial charge in [0.25, 0.3) is 5.91 Å². The zero-order valence-corrected chi connectivity index (χ0v) is 18.8. The molecule has 10 heteroatoms. The first-order chi connectivity index (χ1) is 13.0. The van der Waals surface area contributed by atoms with Crippen LogP contribution in [-0.4, -0.2) is 72.3 Å². The summed E-state index contributed by atoms with van der Waals surface area (Å²) in [6.07, 6.45) is 4.22. The second kappa shape index (κ2) is 8.41. The third kappa shape index (κ3) is 4.31. The Balaban J connectivity index is 0.00000300. The highest BCUT2D eigenvalue weighted by atomic mass is 35.5. The average molecular weight is 443 g/mol. The van der Waals surface area contributed by atoms with Crippen LogP contribution in [0, 0.1) is 11.8 Å². The number of rotatable bonds is 5. The normalized spacial score (nSPS) is 21.5. The number of hydrogen-bond donors (Lipinski definition) is 0. The number of pyridine rings is 1. The second-order valence-corrected chi connectivity index (χ2v) is 9.77. The van der Waals surface area contributed by atoms with Crippen LogP contribution >= 0.6 is 12.4 Å². The first-order valence-electron chi connectivity index (χ1n) is 9.17. The second-order valence-electron chi connectivity index (χ2n) is 7.94. The van der Waals surface area contributed by atoms with Gasteiger partial charge in [0, 0.05) is 19.3 Å². The summed E-state index contributed by atoms with van der Waals surface area (Å²) in [5, 5.41) is 0. The molecule has 29 heavy (non-hydrogen) atoms. The summed E-state index contributed by atoms with van der Waals surface area (Å²) in [5.74, 6) is -1.42. The topological polar surface area (TPSA) is 90.9 Å². The monoisotopic (exact) mass is 442 g/mol. The molecule has 1 aromatic heterocycles. The van der Waals surface area contributed by atoms with E-state index in [0.29, 0.717) is 17.8 Å². The van der Waals surface area contributed by atoms with Gasteiger partial charge < -0.3 is 9.80 Å². The van der Waals surface area contributed by atoms with Crippen molar-refractivity contribution < 1.29 is 18.0 Å². The van der Waals surface area contributed by atoms with Crippen molar-refractivity contribution in [3.8, 4) is 0 Å². The molecule has 0 saturated carbocycles. The maximum atomic E-state index is 13.1. The number of fused-ring (bicyclic) bond motifs is 1. The summed E-state index contributed by atoms with van der Waals surface area (Å²) in [6.45, 7) is 4.66. The van der Waals surface area contributed by atoms with Crippen molar-refractivity contribution in [1.29, 1.82) is 0 Å². The predicted molar refractivity (Wildman–Crippen MR) is 112 cm³/mol. The smallest absolute Gasteiger partial charge is 0.256 e. The fraction of sp³-hybridized carbons (Fsp3) is 0.526. The Labute approximate surface area is 178 Å². The van der Waals surface area contributed by atoms with Crippen molar-refractivity contribution >= 4 is 34.2 Å². The van der Waals surface area contributed by atoms with Crippen LogP contribution in [0.1, 0.15) is 29.9 Å². The minimum absolute atomic E-state index is 0. The molecule has 2 aliphatic rings. The van der Waals surface area contributed by atoms with Crippen molar-refractivity contribution in [2.24, 2.45) is 11.8 Å². The lowest BCUT2D eigenvalue weighted by molar-refractivity contribution is -0.128. The van der Waals surface area contributed by atoms with Gasteiger partial charge in [-0.1, -0.05) is 13.8 Å². The molecule has 0 aliphatic carbocycles. The molecule has 1 saturated heterocycles. The van der Waals surface area contributed by atoms with E-state index < -0.39 is 27.9 Å². The van der Waals surface area contributed by atoms with Gasteiger partial charge in [0.15, 0.2) is 0 Å². The van der Waals surface area contributed by atoms with E-state index in [1.807, 2.05) is 32.8 Å². The van der Waals surface area contributed by atoms with Crippen LogP contribution in [0.5, 0.6) is 0 Å². The molecule has 2 aliphatic heterocycles. The van der Waals surface area contributed by atoms with E-state index in [0.717, 1.165) is 16.3 Å². The number of carbonyl (C=O) groups excluding carboxylic acids is 2. The van der Waals surface area contributed by atoms with Crippen molar-refractivity contribution in [3.63, 3.8) is 0 Å². The van der Waals surface area contributed by atoms with Crippen molar-refractivity contribution in [1.82, 2.24) is 19.1 Å². The Morgan fingerprint density at radius 1 is 1.31 bits per heavy atom. The molecule has 2 amide bonds. The summed E-state index contributed by atoms with van der Waals surface area (Å²) in [4.78, 5) is 33.8. The minimum Gasteiger partial charge on any atom is -0.325 e. The van der Waals surface area contributed by atoms with Crippen LogP contribution in [0.15, 0.2) is 30.1 Å². The molecular formula is C19H27ClN4O4S. The van der Waals surface area contributed by atoms with E-state index in [9.17, 15) is 18.0 Å². The summed E-state index contributed by atoms with van der Waals surface area (Å²) in [7, 11) is 0.136. The van der Waals surface area contributed by atoms with Crippen LogP contribution in [0.2, 0.25) is 0 Å². The maximum Gasteiger partial charge on any atom is 0.256 e. The number of nitrogens with zero attached hydrogens (tertiary/aromatic N) is 4. The lowest BCUT2D eigenvalue weighted by Crippen LogP contribution is -2.43. The van der Waals surface area contributed by atoms with Gasteiger partial charge in [-0.3, -0.25) is 14.6 Å². The molecular weight excluding hydrogens is 416 g/mol. The zero-order valence-electron chi connectivity index (χ0n) is 17.2. The van der Waals surface area contributed by atoms with E-state index in [2.05, 4.69) is 4.98 Å². The number of sulfonamides is 1. The number of amides is 2. The largest absolute Gasteiger partial charge is 0.325 e. The molecule has 3 rings (SSSR count). The average Bonchev–Trinajstić information content (AvgIpc) is 3.09. The third-order valence-electron chi connectivity index (χ3n) is 5.06. The van der Waals surface area contributed by atoms with E-state index >= 15 is 0 Å². The van der Waals surface area contributed by atoms with E-state index in [1.54, 1.807) is 23.1 Å². The summed E-state index contributed by atoms with van der Waals surface area (Å²) in [6, 6.07) is 2.96. The molecule has 2 atom stereocenters. The van der Waals surface area contributed by atoms with Crippen molar-refractivity contribution in [2.45, 2.75) is 26.4 Å². The van der Waals surface area contributed by atoms with Crippen LogP contribution in [-0.2, 0) is 21.4 Å². The summed E-state index contributed by atoms with van der Waals surface area (Å²) >= 11 is 0. The van der Waals surface area contributed by atoms with Gasteiger partial charge in [-0.05, 0) is 38.2 Å². The van der Waals surface area contributed by atoms with Gasteiger partial charge in [0.05, 0.1) is 35.2 Å². The molecule has 0 aromatic carbocycles. The molecule has 0 N–H and O–H groups in total. The maximum absolute atomic E-state index is 13.1. The molecule has 1 fully saturated rings. The van der Waals surface area contributed by atoms with Crippen molar-refractivity contribution in [3.05, 3.63) is 41.4 Å². The first-order valence-corrected chi connectivity index (χ1v) is 11.0. The molecule has 0 radical (unpaired) electrons. The Bertz CT molecular complexity index is 928. The van der Waals surface area contributed by atoms with Crippen LogP contribution in [0.25, 0.3) is 0 Å². The molecule has 0 spiro atoms. The Kier molecular flexibility index (Phi) is 6.76. The Morgan fingerprint density at radius 2 is 1.97 bits per heavy atom. The van der Waals surface area contributed by atoms with Gasteiger partial charge >= 0.3 is 0 Å². The van der Waals surface area contributed by atoms with Gasteiger partial charge in [-0.2, -0.15) is 0 Å². The zero-order chi connectivity index (χ0) is 20.8. The SMILES string of the molecule is CC(C)[C@H]1C(=O)N(S(C)(=O)=O)C2=CCN(C(=O)c3ccc(CN(C)C)nc3)[C@@H]21.Cl. The third-order valence-corrected chi connectivity index (χ3v) is 6.11. The molecule has 8 nitrogen and oxygen atoms in total. The van der Waals surface area contributed by atoms with Crippen LogP contribution in [0.4, 0.5) is 0 Å². The standard InChI is InChI=1S/C19H26N4O4S.ClH/c1-12(2)16-17-15(23(19(16)25)28(5,26)27)8-9-22(17)18(24)13-6-7-14(20-10-13)11-21(3)4;/h6-8,10,12,16-17H,9,11H2,1-5H3;1H/t16-,17+;/m1./s1. The highest BCUT2D eigenvalue weighted by molar-refractivity contribution is 7.89. The molecule has 0 unspecified atom stereocenters. The quantitative estimate of drug-likeness (QED) is 0.683. The van der Waals surface area contributed by atoms with Gasteiger partial charge in [-0.15, -0.1) is 12.4 Å². The molecule has 160 valence electrons.